The van der Waals surface area contributed by atoms with Gasteiger partial charge in [-0.25, -0.2) is 8.42 Å². The second-order valence-electron chi connectivity index (χ2n) is 6.95. The third kappa shape index (κ3) is 3.69. The maximum absolute atomic E-state index is 11.6. The number of hydrogen-bond donors (Lipinski definition) is 1. The lowest BCUT2D eigenvalue weighted by Crippen LogP contribution is -2.09. The number of nitriles is 1. The van der Waals surface area contributed by atoms with Crippen LogP contribution in [0, 0.1) is 11.3 Å². The van der Waals surface area contributed by atoms with Crippen LogP contribution in [-0.2, 0) is 16.6 Å². The number of hydrogen-bond acceptors (Lipinski definition) is 3. The average Bonchev–Trinajstić information content (AvgIpc) is 2.94. The van der Waals surface area contributed by atoms with Gasteiger partial charge in [0.05, 0.1) is 29.1 Å². The average molecular weight is 382 g/mol. The Balaban J connectivity index is 2.31. The van der Waals surface area contributed by atoms with Crippen LogP contribution < -0.4 is 4.72 Å². The van der Waals surface area contributed by atoms with Crippen LogP contribution in [0.3, 0.4) is 0 Å². The molecule has 0 fully saturated rings. The van der Waals surface area contributed by atoms with Crippen molar-refractivity contribution in [1.29, 1.82) is 5.26 Å². The maximum Gasteiger partial charge on any atom is 0.229 e. The van der Waals surface area contributed by atoms with Crippen molar-refractivity contribution in [2.75, 3.05) is 11.0 Å². The fourth-order valence-electron chi connectivity index (χ4n) is 3.60. The number of nitrogens with zero attached hydrogens (tertiary/aromatic N) is 2. The molecule has 0 saturated carbocycles. The molecule has 0 saturated heterocycles. The second-order valence-corrected chi connectivity index (χ2v) is 8.70. The van der Waals surface area contributed by atoms with Gasteiger partial charge < -0.3 is 4.57 Å². The first-order valence-electron chi connectivity index (χ1n) is 8.89. The largest absolute Gasteiger partial charge is 0.344 e. The van der Waals surface area contributed by atoms with Crippen LogP contribution in [0.15, 0.2) is 42.5 Å². The molecule has 0 amide bonds. The summed E-state index contributed by atoms with van der Waals surface area (Å²) in [6.07, 6.45) is 1.15. The summed E-state index contributed by atoms with van der Waals surface area (Å²) >= 11 is 0. The fraction of sp³-hybridized carbons (Fsp3) is 0.286. The Hall–Kier alpha value is -2.78. The first-order chi connectivity index (χ1) is 12.7. The van der Waals surface area contributed by atoms with Gasteiger partial charge in [-0.05, 0) is 42.7 Å². The predicted molar refractivity (Wildman–Crippen MR) is 110 cm³/mol. The summed E-state index contributed by atoms with van der Waals surface area (Å²) in [6, 6.07) is 15.4. The van der Waals surface area contributed by atoms with E-state index >= 15 is 0 Å². The molecule has 2 aromatic carbocycles. The molecule has 0 aliphatic rings. The van der Waals surface area contributed by atoms with Crippen LogP contribution in [0.1, 0.15) is 37.9 Å². The molecule has 0 aliphatic heterocycles. The van der Waals surface area contributed by atoms with Gasteiger partial charge in [0, 0.05) is 23.2 Å². The number of benzene rings is 2. The summed E-state index contributed by atoms with van der Waals surface area (Å²) < 4.78 is 28.0. The number of anilines is 1. The lowest BCUT2D eigenvalue weighted by Gasteiger charge is -2.14. The van der Waals surface area contributed by atoms with Crippen molar-refractivity contribution >= 4 is 26.6 Å². The van der Waals surface area contributed by atoms with E-state index in [0.29, 0.717) is 11.3 Å². The highest BCUT2D eigenvalue weighted by molar-refractivity contribution is 7.92. The van der Waals surface area contributed by atoms with Gasteiger partial charge in [0.1, 0.15) is 0 Å². The van der Waals surface area contributed by atoms with Crippen LogP contribution in [0.5, 0.6) is 0 Å². The zero-order chi connectivity index (χ0) is 19.8. The van der Waals surface area contributed by atoms with Gasteiger partial charge in [-0.2, -0.15) is 5.26 Å². The first-order valence-corrected chi connectivity index (χ1v) is 10.8. The van der Waals surface area contributed by atoms with Crippen molar-refractivity contribution < 1.29 is 8.42 Å². The Kier molecular flexibility index (Phi) is 4.99. The van der Waals surface area contributed by atoms with E-state index in [4.69, 9.17) is 5.26 Å². The molecular weight excluding hydrogens is 358 g/mol. The van der Waals surface area contributed by atoms with E-state index in [9.17, 15) is 8.42 Å². The van der Waals surface area contributed by atoms with Gasteiger partial charge in [0.2, 0.25) is 10.0 Å². The van der Waals surface area contributed by atoms with Gasteiger partial charge in [0.15, 0.2) is 0 Å². The smallest absolute Gasteiger partial charge is 0.229 e. The Morgan fingerprint density at radius 3 is 2.33 bits per heavy atom. The Morgan fingerprint density at radius 2 is 1.81 bits per heavy atom. The van der Waals surface area contributed by atoms with Crippen LogP contribution in [-0.4, -0.2) is 19.2 Å². The van der Waals surface area contributed by atoms with Gasteiger partial charge >= 0.3 is 0 Å². The fourth-order valence-corrected chi connectivity index (χ4v) is 4.16. The van der Waals surface area contributed by atoms with E-state index in [2.05, 4.69) is 36.1 Å². The maximum atomic E-state index is 11.6. The summed E-state index contributed by atoms with van der Waals surface area (Å²) in [6.45, 7) is 7.18. The first kappa shape index (κ1) is 19.0. The minimum absolute atomic E-state index is 0.286. The van der Waals surface area contributed by atoms with Gasteiger partial charge in [0.25, 0.3) is 0 Å². The number of sulfonamides is 1. The number of aryl methyl sites for hydroxylation is 1. The molecule has 0 unspecified atom stereocenters. The highest BCUT2D eigenvalue weighted by atomic mass is 32.2. The van der Waals surface area contributed by atoms with E-state index in [1.54, 1.807) is 6.07 Å². The van der Waals surface area contributed by atoms with Gasteiger partial charge in [-0.3, -0.25) is 4.72 Å². The molecule has 3 aromatic rings. The van der Waals surface area contributed by atoms with Crippen molar-refractivity contribution in [2.45, 2.75) is 33.2 Å². The van der Waals surface area contributed by atoms with Crippen LogP contribution in [0.25, 0.3) is 22.0 Å². The quantitative estimate of drug-likeness (QED) is 0.696. The third-order valence-corrected chi connectivity index (χ3v) is 5.18. The molecule has 3 rings (SSSR count). The van der Waals surface area contributed by atoms with Crippen molar-refractivity contribution in [3.05, 3.63) is 53.7 Å². The molecule has 0 aliphatic carbocycles. The monoisotopic (exact) mass is 381 g/mol. The highest BCUT2D eigenvalue weighted by Crippen LogP contribution is 2.39. The normalized spacial score (nSPS) is 11.7. The molecule has 0 atom stereocenters. The summed E-state index contributed by atoms with van der Waals surface area (Å²) in [5.74, 6) is 0.286. The SMILES string of the molecule is CCn1c(C(C)C)c(-c2ccc(C#N)cc2)c2ccc(NS(C)(=O)=O)cc21. The van der Waals surface area contributed by atoms with Crippen molar-refractivity contribution in [3.8, 4) is 17.2 Å². The minimum Gasteiger partial charge on any atom is -0.344 e. The molecular formula is C21H23N3O2S. The lowest BCUT2D eigenvalue weighted by atomic mass is 9.96. The van der Waals surface area contributed by atoms with Crippen LogP contribution in [0.4, 0.5) is 5.69 Å². The van der Waals surface area contributed by atoms with E-state index in [1.807, 2.05) is 36.4 Å². The summed E-state index contributed by atoms with van der Waals surface area (Å²) in [7, 11) is -3.33. The highest BCUT2D eigenvalue weighted by Gasteiger charge is 2.20. The predicted octanol–water partition coefficient (Wildman–Crippen LogP) is 4.69. The lowest BCUT2D eigenvalue weighted by molar-refractivity contribution is 0.607. The van der Waals surface area contributed by atoms with E-state index < -0.39 is 10.0 Å². The third-order valence-electron chi connectivity index (χ3n) is 4.57. The van der Waals surface area contributed by atoms with Gasteiger partial charge in [-0.15, -0.1) is 0 Å². The molecule has 1 N–H and O–H groups in total. The number of nitrogens with one attached hydrogen (secondary N) is 1. The number of aromatic nitrogens is 1. The molecule has 0 spiro atoms. The minimum atomic E-state index is -3.33. The number of rotatable bonds is 5. The molecule has 1 aromatic heterocycles. The molecule has 5 nitrogen and oxygen atoms in total. The van der Waals surface area contributed by atoms with Crippen molar-refractivity contribution in [1.82, 2.24) is 4.57 Å². The molecule has 27 heavy (non-hydrogen) atoms. The Morgan fingerprint density at radius 1 is 1.15 bits per heavy atom. The van der Waals surface area contributed by atoms with Crippen LogP contribution >= 0.6 is 0 Å². The van der Waals surface area contributed by atoms with E-state index in [-0.39, 0.29) is 5.92 Å². The van der Waals surface area contributed by atoms with Gasteiger partial charge in [-0.1, -0.05) is 32.0 Å². The van der Waals surface area contributed by atoms with Crippen LogP contribution in [0.2, 0.25) is 0 Å². The Labute approximate surface area is 160 Å². The molecule has 0 bridgehead atoms. The van der Waals surface area contributed by atoms with Crippen molar-refractivity contribution in [3.63, 3.8) is 0 Å². The molecule has 140 valence electrons. The van der Waals surface area contributed by atoms with Crippen molar-refractivity contribution in [2.24, 2.45) is 0 Å². The number of fused-ring (bicyclic) bond motifs is 1. The summed E-state index contributed by atoms with van der Waals surface area (Å²) in [5.41, 5.74) is 5.57. The molecule has 1 heterocycles. The van der Waals surface area contributed by atoms with E-state index in [1.165, 1.54) is 5.69 Å². The molecule has 0 radical (unpaired) electrons. The zero-order valence-electron chi connectivity index (χ0n) is 15.9. The topological polar surface area (TPSA) is 74.9 Å². The summed E-state index contributed by atoms with van der Waals surface area (Å²) in [5, 5.41) is 10.1. The molecule has 6 heteroatoms. The Bertz CT molecular complexity index is 1130. The summed E-state index contributed by atoms with van der Waals surface area (Å²) in [4.78, 5) is 0. The zero-order valence-corrected chi connectivity index (χ0v) is 16.8. The second kappa shape index (κ2) is 7.09. The standard InChI is InChI=1S/C21H23N3O2S/c1-5-24-19-12-17(23-27(4,25)26)10-11-18(19)20(21(24)14(2)3)16-8-6-15(13-22)7-9-16/h6-12,14,23H,5H2,1-4H3. The van der Waals surface area contributed by atoms with E-state index in [0.717, 1.165) is 34.8 Å².